The molecule has 0 aromatic heterocycles. The molecule has 3 heterocycles. The molecule has 3 aliphatic heterocycles. The van der Waals surface area contributed by atoms with E-state index >= 15 is 0 Å². The molecule has 1 saturated carbocycles. The van der Waals surface area contributed by atoms with Crippen molar-refractivity contribution in [2.45, 2.75) is 51.1 Å². The van der Waals surface area contributed by atoms with Gasteiger partial charge in [0.15, 0.2) is 0 Å². The van der Waals surface area contributed by atoms with Gasteiger partial charge < -0.3 is 14.7 Å². The molecule has 0 spiro atoms. The third-order valence-corrected chi connectivity index (χ3v) is 16.5. The zero-order chi connectivity index (χ0) is 36.7. The first-order valence-electron chi connectivity index (χ1n) is 20.2. The minimum atomic E-state index is -1.92. The average Bonchev–Trinajstić information content (AvgIpc) is 3.24. The summed E-state index contributed by atoms with van der Waals surface area (Å²) in [7, 11) is -1.92. The maximum absolute atomic E-state index is 2.58. The van der Waals surface area contributed by atoms with Gasteiger partial charge in [0.1, 0.15) is 8.07 Å². The fourth-order valence-electron chi connectivity index (χ4n) is 10.4. The van der Waals surface area contributed by atoms with Gasteiger partial charge >= 0.3 is 0 Å². The molecule has 0 amide bonds. The van der Waals surface area contributed by atoms with Crippen LogP contribution in [0.4, 0.5) is 51.2 Å². The van der Waals surface area contributed by atoms with Crippen LogP contribution in [0.1, 0.15) is 43.6 Å². The Morgan fingerprint density at radius 1 is 0.436 bits per heavy atom. The second kappa shape index (κ2) is 12.6. The molecule has 7 aromatic rings. The Labute approximate surface area is 326 Å². The zero-order valence-electron chi connectivity index (χ0n) is 31.6. The number of hydrogen-bond donors (Lipinski definition) is 0. The number of fused-ring (bicyclic) bond motifs is 6. The normalized spacial score (nSPS) is 16.5. The molecule has 0 radical (unpaired) electrons. The summed E-state index contributed by atoms with van der Waals surface area (Å²) in [5.41, 5.74) is 16.9. The Balaban J connectivity index is 1.20. The van der Waals surface area contributed by atoms with Crippen LogP contribution in [-0.2, 0) is 0 Å². The highest BCUT2D eigenvalue weighted by molar-refractivity contribution is 7.03. The molecule has 7 aromatic carbocycles. The number of benzene rings is 7. The van der Waals surface area contributed by atoms with E-state index in [0.717, 1.165) is 0 Å². The molecule has 3 nitrogen and oxygen atoms in total. The van der Waals surface area contributed by atoms with Gasteiger partial charge in [-0.1, -0.05) is 123 Å². The molecule has 4 aliphatic rings. The quantitative estimate of drug-likeness (QED) is 0.167. The van der Waals surface area contributed by atoms with Crippen molar-refractivity contribution in [3.05, 3.63) is 169 Å². The van der Waals surface area contributed by atoms with Crippen LogP contribution in [-0.4, -0.2) is 14.8 Å². The molecular weight excluding hydrogens is 681 g/mol. The van der Waals surface area contributed by atoms with Gasteiger partial charge in [-0.3, -0.25) is 0 Å². The Morgan fingerprint density at radius 2 is 0.927 bits per heavy atom. The van der Waals surface area contributed by atoms with Crippen LogP contribution in [0.5, 0.6) is 0 Å². The van der Waals surface area contributed by atoms with Gasteiger partial charge in [0, 0.05) is 51.2 Å². The van der Waals surface area contributed by atoms with Crippen molar-refractivity contribution in [2.24, 2.45) is 0 Å². The van der Waals surface area contributed by atoms with Gasteiger partial charge in [-0.2, -0.15) is 0 Å². The monoisotopic (exact) mass is 725 g/mol. The highest BCUT2D eigenvalue weighted by Crippen LogP contribution is 2.48. The van der Waals surface area contributed by atoms with Crippen LogP contribution < -0.4 is 41.5 Å². The van der Waals surface area contributed by atoms with Crippen molar-refractivity contribution in [3.63, 3.8) is 0 Å². The Morgan fingerprint density at radius 3 is 1.53 bits per heavy atom. The highest BCUT2D eigenvalue weighted by Gasteiger charge is 2.45. The number of rotatable bonds is 4. The van der Waals surface area contributed by atoms with Gasteiger partial charge in [0.05, 0.1) is 0 Å². The summed E-state index contributed by atoms with van der Waals surface area (Å²) >= 11 is 0. The number of para-hydroxylation sites is 5. The average molecular weight is 726 g/mol. The third kappa shape index (κ3) is 4.95. The molecule has 5 heteroatoms. The number of nitrogens with zero attached hydrogens (tertiary/aromatic N) is 3. The van der Waals surface area contributed by atoms with E-state index in [2.05, 4.69) is 192 Å². The minimum Gasteiger partial charge on any atom is -0.311 e. The second-order valence-electron chi connectivity index (χ2n) is 16.4. The van der Waals surface area contributed by atoms with Crippen LogP contribution in [0.25, 0.3) is 0 Å². The van der Waals surface area contributed by atoms with Crippen molar-refractivity contribution >= 4 is 92.7 Å². The van der Waals surface area contributed by atoms with E-state index in [1.54, 1.807) is 0 Å². The molecule has 0 N–H and O–H groups in total. The van der Waals surface area contributed by atoms with Crippen molar-refractivity contribution < 1.29 is 0 Å². The topological polar surface area (TPSA) is 9.72 Å². The Bertz CT molecular complexity index is 2530. The fourth-order valence-corrected chi connectivity index (χ4v) is 13.4. The lowest BCUT2D eigenvalue weighted by Crippen LogP contribution is -2.61. The summed E-state index contributed by atoms with van der Waals surface area (Å²) in [4.78, 5) is 7.68. The minimum absolute atomic E-state index is 0.0672. The summed E-state index contributed by atoms with van der Waals surface area (Å²) in [5.74, 6) is 0.567. The standard InChI is InChI=1S/C50H44BN3Si/c1-55(2)48-28-16-14-26-44(48)54(45-27-15-17-29-49(45)55)39-30-31-43-41(34-39)51-40-24-12-13-25-42(40)52(37-20-8-4-9-21-37)46-32-36(35-18-6-3-7-19-35)33-47(50(46)51)53(43)38-22-10-5-11-23-38/h4-5,8-17,20-35H,3,6-7,18-19H2,1-2H3. The predicted molar refractivity (Wildman–Crippen MR) is 238 cm³/mol. The van der Waals surface area contributed by atoms with E-state index in [1.807, 2.05) is 0 Å². The van der Waals surface area contributed by atoms with E-state index in [-0.39, 0.29) is 6.71 Å². The largest absolute Gasteiger partial charge is 0.311 e. The van der Waals surface area contributed by atoms with Crippen molar-refractivity contribution in [1.82, 2.24) is 0 Å². The van der Waals surface area contributed by atoms with Crippen LogP contribution in [0, 0.1) is 0 Å². The summed E-state index contributed by atoms with van der Waals surface area (Å²) in [6, 6.07) is 62.1. The maximum Gasteiger partial charge on any atom is 0.252 e. The van der Waals surface area contributed by atoms with Gasteiger partial charge in [-0.05, 0) is 124 Å². The smallest absolute Gasteiger partial charge is 0.252 e. The molecule has 0 atom stereocenters. The van der Waals surface area contributed by atoms with Gasteiger partial charge in [0.2, 0.25) is 0 Å². The molecule has 11 rings (SSSR count). The number of anilines is 9. The Hall–Kier alpha value is -5.78. The zero-order valence-corrected chi connectivity index (χ0v) is 32.6. The molecule has 1 aliphatic carbocycles. The lowest BCUT2D eigenvalue weighted by molar-refractivity contribution is 0.444. The lowest BCUT2D eigenvalue weighted by atomic mass is 9.33. The van der Waals surface area contributed by atoms with E-state index in [9.17, 15) is 0 Å². The second-order valence-corrected chi connectivity index (χ2v) is 20.7. The molecule has 0 bridgehead atoms. The van der Waals surface area contributed by atoms with E-state index in [4.69, 9.17) is 0 Å². The van der Waals surface area contributed by atoms with Gasteiger partial charge in [-0.15, -0.1) is 0 Å². The van der Waals surface area contributed by atoms with Crippen LogP contribution in [0.3, 0.4) is 0 Å². The van der Waals surface area contributed by atoms with E-state index in [1.165, 1.54) is 116 Å². The molecular formula is C50H44BN3Si. The lowest BCUT2D eigenvalue weighted by Gasteiger charge is -2.45. The van der Waals surface area contributed by atoms with Gasteiger partial charge in [-0.25, -0.2) is 0 Å². The summed E-state index contributed by atoms with van der Waals surface area (Å²) in [5, 5.41) is 2.98. The Kier molecular flexibility index (Phi) is 7.50. The fraction of sp³-hybridized carbons (Fsp3) is 0.160. The first-order chi connectivity index (χ1) is 27.1. The summed E-state index contributed by atoms with van der Waals surface area (Å²) in [6.07, 6.45) is 6.47. The molecule has 55 heavy (non-hydrogen) atoms. The molecule has 266 valence electrons. The molecule has 0 saturated heterocycles. The number of hydrogen-bond acceptors (Lipinski definition) is 3. The van der Waals surface area contributed by atoms with Crippen molar-refractivity contribution in [2.75, 3.05) is 14.7 Å². The summed E-state index contributed by atoms with van der Waals surface area (Å²) in [6.45, 7) is 5.08. The predicted octanol–water partition coefficient (Wildman–Crippen LogP) is 10.4. The molecule has 0 unspecified atom stereocenters. The van der Waals surface area contributed by atoms with Gasteiger partial charge in [0.25, 0.3) is 6.71 Å². The maximum atomic E-state index is 2.58. The first-order valence-corrected chi connectivity index (χ1v) is 23.2. The van der Waals surface area contributed by atoms with E-state index < -0.39 is 8.07 Å². The van der Waals surface area contributed by atoms with Crippen LogP contribution in [0.2, 0.25) is 13.1 Å². The van der Waals surface area contributed by atoms with Crippen molar-refractivity contribution in [1.29, 1.82) is 0 Å². The third-order valence-electron chi connectivity index (χ3n) is 13.0. The molecule has 1 fully saturated rings. The SMILES string of the molecule is C[Si]1(C)c2ccccc2N(c2ccc3c(c2)B2c4ccccc4N(c4ccccc4)c4cc(C5CCCCC5)cc(c42)N3c2ccccc2)c2ccccc21. The summed E-state index contributed by atoms with van der Waals surface area (Å²) < 4.78 is 0. The first kappa shape index (κ1) is 32.6. The highest BCUT2D eigenvalue weighted by atomic mass is 28.3. The van der Waals surface area contributed by atoms with E-state index in [0.29, 0.717) is 5.92 Å². The van der Waals surface area contributed by atoms with Crippen LogP contribution in [0.15, 0.2) is 164 Å². The van der Waals surface area contributed by atoms with Crippen molar-refractivity contribution in [3.8, 4) is 0 Å². The van der Waals surface area contributed by atoms with Crippen LogP contribution >= 0.6 is 0 Å².